The molecule has 140 valence electrons. The molecule has 0 saturated carbocycles. The molecule has 0 fully saturated rings. The van der Waals surface area contributed by atoms with Crippen molar-refractivity contribution >= 4 is 17.5 Å². The lowest BCUT2D eigenvalue weighted by Crippen LogP contribution is -2.45. The Labute approximate surface area is 160 Å². The average Bonchev–Trinajstić information content (AvgIpc) is 2.67. The fourth-order valence-electron chi connectivity index (χ4n) is 2.86. The van der Waals surface area contributed by atoms with Gasteiger partial charge in [-0.1, -0.05) is 59.7 Å². The minimum absolute atomic E-state index is 0.0304. The van der Waals surface area contributed by atoms with Crippen molar-refractivity contribution in [3.8, 4) is 0 Å². The monoisotopic (exact) mass is 363 g/mol. The van der Waals surface area contributed by atoms with E-state index in [2.05, 4.69) is 10.7 Å². The fraction of sp³-hybridized carbons (Fsp3) is 0.273. The van der Waals surface area contributed by atoms with Crippen molar-refractivity contribution in [3.63, 3.8) is 0 Å². The second kappa shape index (κ2) is 8.54. The van der Waals surface area contributed by atoms with Crippen LogP contribution >= 0.6 is 0 Å². The first-order valence-electron chi connectivity index (χ1n) is 9.18. The molecule has 0 aliphatic carbocycles. The molecule has 0 bridgehead atoms. The highest BCUT2D eigenvalue weighted by atomic mass is 16.2. The molecule has 0 atom stereocenters. The molecule has 0 saturated heterocycles. The van der Waals surface area contributed by atoms with Crippen molar-refractivity contribution in [3.05, 3.63) is 76.9 Å². The number of amides is 2. The lowest BCUT2D eigenvalue weighted by atomic mass is 10.1. The van der Waals surface area contributed by atoms with Gasteiger partial charge in [0.15, 0.2) is 0 Å². The Morgan fingerprint density at radius 3 is 2.33 bits per heavy atom. The Hall–Kier alpha value is -3.08. The topological polar surface area (TPSA) is 61.4 Å². The van der Waals surface area contributed by atoms with Crippen molar-refractivity contribution in [2.45, 2.75) is 33.2 Å². The maximum atomic E-state index is 12.1. The van der Waals surface area contributed by atoms with Gasteiger partial charge in [0.1, 0.15) is 0 Å². The predicted octanol–water partition coefficient (Wildman–Crippen LogP) is 3.09. The summed E-state index contributed by atoms with van der Waals surface area (Å²) in [7, 11) is 0. The fourth-order valence-corrected chi connectivity index (χ4v) is 2.86. The van der Waals surface area contributed by atoms with E-state index < -0.39 is 0 Å². The summed E-state index contributed by atoms with van der Waals surface area (Å²) in [6, 6.07) is 16.2. The summed E-state index contributed by atoms with van der Waals surface area (Å²) in [6.07, 6.45) is 2.48. The molecule has 1 heterocycles. The van der Waals surface area contributed by atoms with Gasteiger partial charge >= 0.3 is 0 Å². The number of carbonyl (C=O) groups excluding carboxylic acids is 2. The van der Waals surface area contributed by atoms with Crippen molar-refractivity contribution in [1.82, 2.24) is 15.8 Å². The van der Waals surface area contributed by atoms with Crippen molar-refractivity contribution in [2.75, 3.05) is 6.54 Å². The summed E-state index contributed by atoms with van der Waals surface area (Å²) in [5.41, 5.74) is 8.51. The van der Waals surface area contributed by atoms with Crippen molar-refractivity contribution in [2.24, 2.45) is 0 Å². The summed E-state index contributed by atoms with van der Waals surface area (Å²) in [5.74, 6) is -0.103. The molecular weight excluding hydrogens is 338 g/mol. The number of carbonyl (C=O) groups is 2. The number of hydrogen-bond donors (Lipinski definition) is 2. The normalized spacial score (nSPS) is 13.8. The molecule has 0 spiro atoms. The summed E-state index contributed by atoms with van der Waals surface area (Å²) < 4.78 is 0. The Bertz CT molecular complexity index is 839. The summed E-state index contributed by atoms with van der Waals surface area (Å²) in [5, 5.41) is 4.43. The van der Waals surface area contributed by atoms with Crippen LogP contribution in [0.1, 0.15) is 35.1 Å². The third kappa shape index (κ3) is 5.20. The third-order valence-electron chi connectivity index (χ3n) is 4.57. The molecule has 5 heteroatoms. The van der Waals surface area contributed by atoms with E-state index in [4.69, 9.17) is 0 Å². The zero-order valence-electron chi connectivity index (χ0n) is 15.8. The standard InChI is InChI=1S/C22H25N3O2/c1-16-3-7-18(8-4-16)15-23-21(26)13-14-25-22(27)12-11-20(24-25)19-9-5-17(2)6-10-19/h3-11,24H,12-15H2,1-2H3,(H,23,26). The van der Waals surface area contributed by atoms with Crippen LogP contribution in [0.2, 0.25) is 0 Å². The van der Waals surface area contributed by atoms with E-state index in [0.29, 0.717) is 19.5 Å². The van der Waals surface area contributed by atoms with Crippen molar-refractivity contribution < 1.29 is 9.59 Å². The van der Waals surface area contributed by atoms with E-state index in [1.54, 1.807) is 0 Å². The Morgan fingerprint density at radius 2 is 1.67 bits per heavy atom. The van der Waals surface area contributed by atoms with E-state index in [1.165, 1.54) is 16.1 Å². The minimum Gasteiger partial charge on any atom is -0.352 e. The minimum atomic E-state index is -0.0726. The maximum absolute atomic E-state index is 12.1. The Kier molecular flexibility index (Phi) is 5.91. The van der Waals surface area contributed by atoms with Gasteiger partial charge in [-0.05, 0) is 31.1 Å². The molecule has 1 aliphatic rings. The van der Waals surface area contributed by atoms with Crippen LogP contribution in [-0.2, 0) is 16.1 Å². The molecule has 0 radical (unpaired) electrons. The SMILES string of the molecule is Cc1ccc(CNC(=O)CCN2NC(c3ccc(C)cc3)=CCC2=O)cc1. The van der Waals surface area contributed by atoms with Crippen molar-refractivity contribution in [1.29, 1.82) is 0 Å². The van der Waals surface area contributed by atoms with Crippen LogP contribution in [0.5, 0.6) is 0 Å². The van der Waals surface area contributed by atoms with Gasteiger partial charge in [-0.3, -0.25) is 20.0 Å². The zero-order valence-corrected chi connectivity index (χ0v) is 15.8. The Morgan fingerprint density at radius 1 is 1.04 bits per heavy atom. The smallest absolute Gasteiger partial charge is 0.244 e. The van der Waals surface area contributed by atoms with E-state index in [0.717, 1.165) is 16.8 Å². The number of benzene rings is 2. The number of hydrogen-bond acceptors (Lipinski definition) is 3. The van der Waals surface area contributed by atoms with Gasteiger partial charge in [0, 0.05) is 19.4 Å². The number of hydrazine groups is 1. The average molecular weight is 363 g/mol. The van der Waals surface area contributed by atoms with Crippen LogP contribution in [-0.4, -0.2) is 23.4 Å². The zero-order chi connectivity index (χ0) is 19.2. The highest BCUT2D eigenvalue weighted by molar-refractivity contribution is 5.84. The number of rotatable bonds is 6. The van der Waals surface area contributed by atoms with E-state index in [9.17, 15) is 9.59 Å². The molecule has 27 heavy (non-hydrogen) atoms. The van der Waals surface area contributed by atoms with Gasteiger partial charge in [0.05, 0.1) is 12.2 Å². The first kappa shape index (κ1) is 18.7. The lowest BCUT2D eigenvalue weighted by molar-refractivity contribution is -0.133. The van der Waals surface area contributed by atoms with E-state index in [1.807, 2.05) is 68.5 Å². The summed E-state index contributed by atoms with van der Waals surface area (Å²) in [4.78, 5) is 24.3. The highest BCUT2D eigenvalue weighted by Crippen LogP contribution is 2.18. The van der Waals surface area contributed by atoms with Crippen LogP contribution in [0, 0.1) is 13.8 Å². The third-order valence-corrected chi connectivity index (χ3v) is 4.57. The molecule has 5 nitrogen and oxygen atoms in total. The molecule has 2 N–H and O–H groups in total. The van der Waals surface area contributed by atoms with Gasteiger partial charge in [0.2, 0.25) is 11.8 Å². The lowest BCUT2D eigenvalue weighted by Gasteiger charge is -2.29. The molecular formula is C22H25N3O2. The summed E-state index contributed by atoms with van der Waals surface area (Å²) >= 11 is 0. The van der Waals surface area contributed by atoms with Crippen LogP contribution in [0.3, 0.4) is 0 Å². The second-order valence-corrected chi connectivity index (χ2v) is 6.86. The quantitative estimate of drug-likeness (QED) is 0.829. The number of aryl methyl sites for hydroxylation is 2. The molecule has 2 aromatic carbocycles. The molecule has 2 aromatic rings. The van der Waals surface area contributed by atoms with Gasteiger partial charge in [-0.15, -0.1) is 0 Å². The highest BCUT2D eigenvalue weighted by Gasteiger charge is 2.20. The first-order chi connectivity index (χ1) is 13.0. The van der Waals surface area contributed by atoms with Gasteiger partial charge < -0.3 is 5.32 Å². The van der Waals surface area contributed by atoms with Crippen LogP contribution in [0.15, 0.2) is 54.6 Å². The summed E-state index contributed by atoms with van der Waals surface area (Å²) in [6.45, 7) is 4.90. The van der Waals surface area contributed by atoms with Gasteiger partial charge in [-0.2, -0.15) is 0 Å². The van der Waals surface area contributed by atoms with Crippen LogP contribution in [0.4, 0.5) is 0 Å². The molecule has 1 aliphatic heterocycles. The first-order valence-corrected chi connectivity index (χ1v) is 9.18. The molecule has 0 unspecified atom stereocenters. The van der Waals surface area contributed by atoms with Crippen LogP contribution < -0.4 is 10.7 Å². The van der Waals surface area contributed by atoms with Gasteiger partial charge in [0.25, 0.3) is 0 Å². The van der Waals surface area contributed by atoms with Crippen LogP contribution in [0.25, 0.3) is 5.70 Å². The molecule has 0 aromatic heterocycles. The molecule has 3 rings (SSSR count). The number of nitrogens with zero attached hydrogens (tertiary/aromatic N) is 1. The Balaban J connectivity index is 1.50. The molecule has 2 amide bonds. The second-order valence-electron chi connectivity index (χ2n) is 6.86. The maximum Gasteiger partial charge on any atom is 0.244 e. The van der Waals surface area contributed by atoms with E-state index >= 15 is 0 Å². The number of nitrogens with one attached hydrogen (secondary N) is 2. The van der Waals surface area contributed by atoms with Gasteiger partial charge in [-0.25, -0.2) is 0 Å². The largest absolute Gasteiger partial charge is 0.352 e. The predicted molar refractivity (Wildman–Crippen MR) is 106 cm³/mol. The van der Waals surface area contributed by atoms with E-state index in [-0.39, 0.29) is 18.2 Å².